The molecule has 0 spiro atoms. The van der Waals surface area contributed by atoms with Gasteiger partial charge in [-0.05, 0) is 53.1 Å². The maximum Gasteiger partial charge on any atom is 0.249 e. The number of aromatic nitrogens is 1. The van der Waals surface area contributed by atoms with Crippen molar-refractivity contribution in [3.63, 3.8) is 0 Å². The number of fused-ring (bicyclic) bond motifs is 3. The molecule has 4 aromatic carbocycles. The van der Waals surface area contributed by atoms with E-state index in [4.69, 9.17) is 17.3 Å². The van der Waals surface area contributed by atoms with Crippen LogP contribution in [0.5, 0.6) is 0 Å². The SMILES string of the molecule is NC(=O)c1cccc2c1c1[c]cc(Cl)cc1n2Cc1cccc(-c2ccccc2)c1. The minimum atomic E-state index is -0.450. The van der Waals surface area contributed by atoms with Gasteiger partial charge in [-0.25, -0.2) is 0 Å². The lowest BCUT2D eigenvalue weighted by Crippen LogP contribution is -2.11. The van der Waals surface area contributed by atoms with Crippen molar-refractivity contribution in [1.29, 1.82) is 0 Å². The zero-order chi connectivity index (χ0) is 20.7. The van der Waals surface area contributed by atoms with Crippen molar-refractivity contribution >= 4 is 39.3 Å². The first-order chi connectivity index (χ1) is 14.6. The fraction of sp³-hybridized carbons (Fsp3) is 0.0385. The Morgan fingerprint density at radius 1 is 0.900 bits per heavy atom. The van der Waals surface area contributed by atoms with Crippen LogP contribution in [0.2, 0.25) is 5.02 Å². The summed E-state index contributed by atoms with van der Waals surface area (Å²) in [7, 11) is 0. The van der Waals surface area contributed by atoms with Gasteiger partial charge in [-0.15, -0.1) is 0 Å². The van der Waals surface area contributed by atoms with Gasteiger partial charge in [0.15, 0.2) is 0 Å². The van der Waals surface area contributed by atoms with Crippen molar-refractivity contribution in [2.75, 3.05) is 0 Å². The van der Waals surface area contributed by atoms with Gasteiger partial charge in [0.25, 0.3) is 0 Å². The Labute approximate surface area is 179 Å². The van der Waals surface area contributed by atoms with Crippen molar-refractivity contribution in [1.82, 2.24) is 4.57 Å². The summed E-state index contributed by atoms with van der Waals surface area (Å²) in [5.74, 6) is -0.450. The van der Waals surface area contributed by atoms with Gasteiger partial charge < -0.3 is 10.3 Å². The molecule has 0 fully saturated rings. The average Bonchev–Trinajstić information content (AvgIpc) is 3.07. The molecule has 0 bridgehead atoms. The molecule has 0 atom stereocenters. The molecular formula is C26H18ClN2O. The number of hydrogen-bond donors (Lipinski definition) is 1. The number of halogens is 1. The Hall–Kier alpha value is -3.56. The van der Waals surface area contributed by atoms with E-state index in [1.54, 1.807) is 12.1 Å². The van der Waals surface area contributed by atoms with Crippen LogP contribution in [-0.4, -0.2) is 10.5 Å². The molecule has 145 valence electrons. The molecule has 5 aromatic rings. The first-order valence-electron chi connectivity index (χ1n) is 9.68. The van der Waals surface area contributed by atoms with Crippen LogP contribution in [0, 0.1) is 6.07 Å². The van der Waals surface area contributed by atoms with E-state index in [0.717, 1.165) is 32.9 Å². The number of rotatable bonds is 4. The predicted octanol–water partition coefficient (Wildman–Crippen LogP) is 6.06. The molecule has 2 N–H and O–H groups in total. The monoisotopic (exact) mass is 409 g/mol. The van der Waals surface area contributed by atoms with Crippen molar-refractivity contribution in [3.05, 3.63) is 107 Å². The van der Waals surface area contributed by atoms with Gasteiger partial charge in [0.1, 0.15) is 0 Å². The largest absolute Gasteiger partial charge is 0.366 e. The second kappa shape index (κ2) is 7.36. The third-order valence-electron chi connectivity index (χ3n) is 5.40. The van der Waals surface area contributed by atoms with E-state index < -0.39 is 5.91 Å². The summed E-state index contributed by atoms with van der Waals surface area (Å²) in [5.41, 5.74) is 11.5. The minimum Gasteiger partial charge on any atom is -0.366 e. The summed E-state index contributed by atoms with van der Waals surface area (Å²) in [4.78, 5) is 12.1. The van der Waals surface area contributed by atoms with Crippen LogP contribution < -0.4 is 5.73 Å². The lowest BCUT2D eigenvalue weighted by molar-refractivity contribution is 0.100. The molecule has 30 heavy (non-hydrogen) atoms. The highest BCUT2D eigenvalue weighted by Gasteiger charge is 2.17. The standard InChI is InChI=1S/C26H18ClN2O/c27-20-12-13-21-24(15-20)29(23-11-5-10-22(25(21)23)26(28)30)16-17-6-4-9-19(14-17)18-7-2-1-3-8-18/h1-12,14-15H,16H2,(H2,28,30). The van der Waals surface area contributed by atoms with Crippen LogP contribution in [0.25, 0.3) is 32.9 Å². The smallest absolute Gasteiger partial charge is 0.249 e. The van der Waals surface area contributed by atoms with Crippen molar-refractivity contribution < 1.29 is 4.79 Å². The third-order valence-corrected chi connectivity index (χ3v) is 5.62. The van der Waals surface area contributed by atoms with Gasteiger partial charge in [-0.2, -0.15) is 0 Å². The molecule has 3 nitrogen and oxygen atoms in total. The summed E-state index contributed by atoms with van der Waals surface area (Å²) in [6.07, 6.45) is 0. The van der Waals surface area contributed by atoms with Crippen LogP contribution >= 0.6 is 11.6 Å². The second-order valence-corrected chi connectivity index (χ2v) is 7.73. The van der Waals surface area contributed by atoms with Crippen molar-refractivity contribution in [2.24, 2.45) is 5.73 Å². The molecule has 4 heteroatoms. The van der Waals surface area contributed by atoms with E-state index in [2.05, 4.69) is 47.0 Å². The van der Waals surface area contributed by atoms with Crippen molar-refractivity contribution in [3.8, 4) is 11.1 Å². The van der Waals surface area contributed by atoms with Crippen LogP contribution in [-0.2, 0) is 6.54 Å². The van der Waals surface area contributed by atoms with Gasteiger partial charge in [-0.1, -0.05) is 66.2 Å². The first-order valence-corrected chi connectivity index (χ1v) is 10.1. The normalized spacial score (nSPS) is 11.2. The third kappa shape index (κ3) is 3.14. The van der Waals surface area contributed by atoms with Gasteiger partial charge >= 0.3 is 0 Å². The van der Waals surface area contributed by atoms with Gasteiger partial charge in [-0.3, -0.25) is 4.79 Å². The van der Waals surface area contributed by atoms with Crippen LogP contribution in [0.1, 0.15) is 15.9 Å². The van der Waals surface area contributed by atoms with Crippen LogP contribution in [0.15, 0.2) is 84.9 Å². The van der Waals surface area contributed by atoms with E-state index in [1.807, 2.05) is 36.4 Å². The highest BCUT2D eigenvalue weighted by molar-refractivity contribution is 6.31. The van der Waals surface area contributed by atoms with Gasteiger partial charge in [0.05, 0.1) is 11.0 Å². The number of carbonyl (C=O) groups excluding carboxylic acids is 1. The van der Waals surface area contributed by atoms with Gasteiger partial charge in [0, 0.05) is 27.9 Å². The Morgan fingerprint density at radius 2 is 1.67 bits per heavy atom. The number of nitrogens with two attached hydrogens (primary N) is 1. The topological polar surface area (TPSA) is 48.0 Å². The van der Waals surface area contributed by atoms with Crippen LogP contribution in [0.4, 0.5) is 0 Å². The maximum atomic E-state index is 12.1. The fourth-order valence-electron chi connectivity index (χ4n) is 4.07. The molecule has 5 rings (SSSR count). The molecule has 0 aliphatic carbocycles. The van der Waals surface area contributed by atoms with Crippen LogP contribution in [0.3, 0.4) is 0 Å². The van der Waals surface area contributed by atoms with Gasteiger partial charge in [0.2, 0.25) is 5.91 Å². The molecule has 1 amide bonds. The Balaban J connectivity index is 1.70. The number of hydrogen-bond acceptors (Lipinski definition) is 1. The molecule has 1 aromatic heterocycles. The summed E-state index contributed by atoms with van der Waals surface area (Å²) in [5, 5.41) is 2.27. The lowest BCUT2D eigenvalue weighted by Gasteiger charge is -2.10. The number of benzene rings is 4. The predicted molar refractivity (Wildman–Crippen MR) is 123 cm³/mol. The average molecular weight is 410 g/mol. The summed E-state index contributed by atoms with van der Waals surface area (Å²) in [6.45, 7) is 0.636. The number of primary amides is 1. The van der Waals surface area contributed by atoms with E-state index >= 15 is 0 Å². The highest BCUT2D eigenvalue weighted by atomic mass is 35.5. The second-order valence-electron chi connectivity index (χ2n) is 7.29. The minimum absolute atomic E-state index is 0.450. The Morgan fingerprint density at radius 3 is 2.47 bits per heavy atom. The van der Waals surface area contributed by atoms with E-state index in [1.165, 1.54) is 5.56 Å². The molecule has 0 aliphatic heterocycles. The summed E-state index contributed by atoms with van der Waals surface area (Å²) >= 11 is 6.29. The fourth-order valence-corrected chi connectivity index (χ4v) is 4.23. The summed E-state index contributed by atoms with van der Waals surface area (Å²) in [6, 6.07) is 31.3. The molecule has 0 aliphatic rings. The van der Waals surface area contributed by atoms with Crippen molar-refractivity contribution in [2.45, 2.75) is 6.54 Å². The molecule has 0 saturated heterocycles. The summed E-state index contributed by atoms with van der Waals surface area (Å²) < 4.78 is 2.17. The highest BCUT2D eigenvalue weighted by Crippen LogP contribution is 2.34. The molecule has 0 saturated carbocycles. The number of carbonyl (C=O) groups is 1. The van der Waals surface area contributed by atoms with E-state index in [0.29, 0.717) is 17.1 Å². The number of amides is 1. The van der Waals surface area contributed by atoms with E-state index in [-0.39, 0.29) is 0 Å². The Kier molecular flexibility index (Phi) is 4.53. The zero-order valence-corrected chi connectivity index (χ0v) is 16.9. The number of nitrogens with zero attached hydrogens (tertiary/aromatic N) is 1. The first kappa shape index (κ1) is 18.5. The molecule has 1 radical (unpaired) electrons. The lowest BCUT2D eigenvalue weighted by atomic mass is 10.0. The zero-order valence-electron chi connectivity index (χ0n) is 16.1. The maximum absolute atomic E-state index is 12.1. The molecule has 1 heterocycles. The Bertz CT molecular complexity index is 1400. The molecule has 0 unspecified atom stereocenters. The molecular weight excluding hydrogens is 392 g/mol. The quantitative estimate of drug-likeness (QED) is 0.385. The van der Waals surface area contributed by atoms with E-state index in [9.17, 15) is 4.79 Å².